The van der Waals surface area contributed by atoms with E-state index in [1.165, 1.54) is 22.5 Å². The maximum atomic E-state index is 12.5. The summed E-state index contributed by atoms with van der Waals surface area (Å²) in [5.41, 5.74) is 5.32. The summed E-state index contributed by atoms with van der Waals surface area (Å²) in [6.45, 7) is 2.53. The maximum Gasteiger partial charge on any atom is 0.188 e. The number of nitrogens with zero attached hydrogens (tertiary/aromatic N) is 2. The van der Waals surface area contributed by atoms with Gasteiger partial charge in [0, 0.05) is 11.8 Å². The minimum absolute atomic E-state index is 0.00356. The molecule has 142 valence electrons. The number of thiophene rings is 1. The van der Waals surface area contributed by atoms with E-state index in [0.29, 0.717) is 10.8 Å². The predicted molar refractivity (Wildman–Crippen MR) is 106 cm³/mol. The monoisotopic (exact) mass is 402 g/mol. The topological polar surface area (TPSA) is 72.2 Å². The lowest BCUT2D eigenvalue weighted by atomic mass is 10.1. The normalized spacial score (nSPS) is 16.6. The average molecular weight is 403 g/mol. The Morgan fingerprint density at radius 3 is 2.78 bits per heavy atom. The van der Waals surface area contributed by atoms with Crippen molar-refractivity contribution in [3.8, 4) is 0 Å². The quantitative estimate of drug-likeness (QED) is 0.688. The van der Waals surface area contributed by atoms with Gasteiger partial charge >= 0.3 is 0 Å². The zero-order valence-electron chi connectivity index (χ0n) is 15.1. The van der Waals surface area contributed by atoms with Crippen LogP contribution in [0.3, 0.4) is 0 Å². The molecule has 1 atom stereocenters. The Morgan fingerprint density at radius 2 is 2.07 bits per heavy atom. The van der Waals surface area contributed by atoms with Crippen LogP contribution in [0.5, 0.6) is 0 Å². The summed E-state index contributed by atoms with van der Waals surface area (Å²) in [6.07, 6.45) is 3.49. The number of hydrogen-bond donors (Lipinski definition) is 1. The molecule has 0 radical (unpaired) electrons. The van der Waals surface area contributed by atoms with Gasteiger partial charge in [-0.3, -0.25) is 4.68 Å². The molecule has 0 saturated heterocycles. The molecule has 5 nitrogen and oxygen atoms in total. The largest absolute Gasteiger partial charge is 0.392 e. The number of fused-ring (bicyclic) bond motifs is 1. The molecule has 0 amide bonds. The fraction of sp³-hybridized carbons (Fsp3) is 0.350. The Kier molecular flexibility index (Phi) is 4.92. The highest BCUT2D eigenvalue weighted by Crippen LogP contribution is 2.31. The molecule has 0 spiro atoms. The Morgan fingerprint density at radius 1 is 1.26 bits per heavy atom. The molecule has 0 saturated carbocycles. The van der Waals surface area contributed by atoms with Crippen molar-refractivity contribution >= 4 is 21.2 Å². The van der Waals surface area contributed by atoms with Crippen LogP contribution >= 0.6 is 11.3 Å². The number of aryl methyl sites for hydroxylation is 1. The van der Waals surface area contributed by atoms with Gasteiger partial charge < -0.3 is 5.11 Å². The van der Waals surface area contributed by atoms with Gasteiger partial charge in [0.15, 0.2) is 9.84 Å². The van der Waals surface area contributed by atoms with E-state index < -0.39 is 9.84 Å². The summed E-state index contributed by atoms with van der Waals surface area (Å²) in [5.74, 6) is 0.339. The third-order valence-electron chi connectivity index (χ3n) is 5.11. The molecule has 27 heavy (non-hydrogen) atoms. The van der Waals surface area contributed by atoms with Crippen molar-refractivity contribution in [1.29, 1.82) is 0 Å². The Balaban J connectivity index is 1.47. The molecule has 2 aromatic heterocycles. The van der Waals surface area contributed by atoms with Crippen LogP contribution in [-0.2, 0) is 35.8 Å². The number of aromatic nitrogens is 2. The van der Waals surface area contributed by atoms with Gasteiger partial charge in [-0.2, -0.15) is 5.10 Å². The lowest BCUT2D eigenvalue weighted by Gasteiger charge is -2.08. The molecular weight excluding hydrogens is 380 g/mol. The van der Waals surface area contributed by atoms with E-state index in [0.717, 1.165) is 29.7 Å². The van der Waals surface area contributed by atoms with Crippen LogP contribution in [0.25, 0.3) is 0 Å². The number of benzene rings is 1. The summed E-state index contributed by atoms with van der Waals surface area (Å²) in [6, 6.07) is 9.85. The minimum Gasteiger partial charge on any atom is -0.392 e. The van der Waals surface area contributed by atoms with Crippen LogP contribution in [0.4, 0.5) is 0 Å². The second-order valence-electron chi connectivity index (χ2n) is 7.19. The third-order valence-corrected chi connectivity index (χ3v) is 8.48. The Labute approximate surface area is 163 Å². The van der Waals surface area contributed by atoms with E-state index in [-0.39, 0.29) is 18.3 Å². The highest BCUT2D eigenvalue weighted by molar-refractivity contribution is 7.93. The van der Waals surface area contributed by atoms with Crippen molar-refractivity contribution in [3.63, 3.8) is 0 Å². The van der Waals surface area contributed by atoms with Gasteiger partial charge in [0.1, 0.15) is 4.21 Å². The first kappa shape index (κ1) is 18.4. The predicted octanol–water partition coefficient (Wildman–Crippen LogP) is 2.98. The molecule has 0 unspecified atom stereocenters. The molecule has 1 aliphatic carbocycles. The van der Waals surface area contributed by atoms with Gasteiger partial charge in [-0.05, 0) is 53.8 Å². The van der Waals surface area contributed by atoms with Crippen LogP contribution in [0.2, 0.25) is 0 Å². The number of rotatable bonds is 6. The first-order valence-corrected chi connectivity index (χ1v) is 11.5. The van der Waals surface area contributed by atoms with Crippen molar-refractivity contribution in [1.82, 2.24) is 9.78 Å². The van der Waals surface area contributed by atoms with Gasteiger partial charge in [0.05, 0.1) is 24.6 Å². The molecule has 2 heterocycles. The van der Waals surface area contributed by atoms with Crippen molar-refractivity contribution < 1.29 is 13.5 Å². The van der Waals surface area contributed by atoms with Crippen molar-refractivity contribution in [2.75, 3.05) is 5.75 Å². The van der Waals surface area contributed by atoms with Gasteiger partial charge in [-0.15, -0.1) is 11.3 Å². The van der Waals surface area contributed by atoms with Gasteiger partial charge in [-0.25, -0.2) is 8.42 Å². The third kappa shape index (κ3) is 3.85. The van der Waals surface area contributed by atoms with E-state index in [4.69, 9.17) is 0 Å². The minimum atomic E-state index is -3.20. The fourth-order valence-electron chi connectivity index (χ4n) is 3.79. The fourth-order valence-corrected chi connectivity index (χ4v) is 6.51. The Bertz CT molecular complexity index is 1050. The molecular formula is C20H22N2O3S2. The Hall–Kier alpha value is -1.96. The van der Waals surface area contributed by atoms with Crippen molar-refractivity contribution in [2.45, 2.75) is 37.1 Å². The summed E-state index contributed by atoms with van der Waals surface area (Å²) < 4.78 is 27.4. The van der Waals surface area contributed by atoms with Crippen LogP contribution in [0, 0.1) is 12.8 Å². The van der Waals surface area contributed by atoms with E-state index in [1.807, 2.05) is 23.2 Å². The molecule has 3 aromatic rings. The summed E-state index contributed by atoms with van der Waals surface area (Å²) >= 11 is 1.29. The highest BCUT2D eigenvalue weighted by atomic mass is 32.2. The molecule has 1 aromatic carbocycles. The lowest BCUT2D eigenvalue weighted by molar-refractivity contribution is 0.281. The number of hydrogen-bond acceptors (Lipinski definition) is 5. The average Bonchev–Trinajstić information content (AvgIpc) is 3.33. The standard InChI is InChI=1S/C20H22N2O3S2/c1-14-19(12-23)11-22(21-14)10-15-4-5-17-8-16(9-18(17)7-15)13-27(24,25)20-3-2-6-26-20/h2-7,11,16,23H,8-10,12-13H2,1H3/t16-/m1/s1. The zero-order chi connectivity index (χ0) is 19.0. The lowest BCUT2D eigenvalue weighted by Crippen LogP contribution is -2.15. The van der Waals surface area contributed by atoms with E-state index in [9.17, 15) is 13.5 Å². The van der Waals surface area contributed by atoms with Crippen molar-refractivity contribution in [3.05, 3.63) is 69.9 Å². The van der Waals surface area contributed by atoms with Crippen LogP contribution in [0.1, 0.15) is 27.9 Å². The number of aliphatic hydroxyl groups is 1. The van der Waals surface area contributed by atoms with Crippen LogP contribution in [0.15, 0.2) is 46.1 Å². The first-order valence-electron chi connectivity index (χ1n) is 8.95. The molecule has 7 heteroatoms. The van der Waals surface area contributed by atoms with Gasteiger partial charge in [0.2, 0.25) is 0 Å². The van der Waals surface area contributed by atoms with Gasteiger partial charge in [0.25, 0.3) is 0 Å². The number of sulfone groups is 1. The summed E-state index contributed by atoms with van der Waals surface area (Å²) in [5, 5.41) is 15.6. The molecule has 0 fully saturated rings. The number of aliphatic hydroxyl groups excluding tert-OH is 1. The van der Waals surface area contributed by atoms with Gasteiger partial charge in [-0.1, -0.05) is 24.3 Å². The first-order chi connectivity index (χ1) is 12.9. The van der Waals surface area contributed by atoms with E-state index in [2.05, 4.69) is 23.3 Å². The van der Waals surface area contributed by atoms with E-state index >= 15 is 0 Å². The van der Waals surface area contributed by atoms with Crippen LogP contribution in [-0.4, -0.2) is 29.1 Å². The molecule has 0 aliphatic heterocycles. The highest BCUT2D eigenvalue weighted by Gasteiger charge is 2.28. The second-order valence-corrected chi connectivity index (χ2v) is 10.4. The molecule has 4 rings (SSSR count). The van der Waals surface area contributed by atoms with Crippen molar-refractivity contribution in [2.24, 2.45) is 5.92 Å². The SMILES string of the molecule is Cc1nn(Cc2ccc3c(c2)C[C@H](CS(=O)(=O)c2cccs2)C3)cc1CO. The maximum absolute atomic E-state index is 12.5. The molecule has 1 aliphatic rings. The van der Waals surface area contributed by atoms with Crippen LogP contribution < -0.4 is 0 Å². The smallest absolute Gasteiger partial charge is 0.188 e. The second kappa shape index (κ2) is 7.22. The summed E-state index contributed by atoms with van der Waals surface area (Å²) in [4.78, 5) is 0. The zero-order valence-corrected chi connectivity index (χ0v) is 16.8. The molecule has 0 bridgehead atoms. The van der Waals surface area contributed by atoms with E-state index in [1.54, 1.807) is 12.1 Å². The summed E-state index contributed by atoms with van der Waals surface area (Å²) in [7, 11) is -3.20. The molecule has 1 N–H and O–H groups in total.